The SMILES string of the molecule is C#CSI.CC.CC(O)CSc1cc(C(=O)Nc2cc(F)c(F)c(F)c2)ccc1Cl.CCC(C)C. The Morgan fingerprint density at radius 2 is 1.66 bits per heavy atom. The summed E-state index contributed by atoms with van der Waals surface area (Å²) in [5.41, 5.74) is 0.00201. The number of rotatable bonds is 6. The van der Waals surface area contributed by atoms with Gasteiger partial charge in [0.15, 0.2) is 17.5 Å². The van der Waals surface area contributed by atoms with Crippen LogP contribution in [0.25, 0.3) is 0 Å². The van der Waals surface area contributed by atoms with Gasteiger partial charge in [0.25, 0.3) is 5.91 Å². The smallest absolute Gasteiger partial charge is 0.255 e. The van der Waals surface area contributed by atoms with Gasteiger partial charge in [-0.1, -0.05) is 52.6 Å². The van der Waals surface area contributed by atoms with Gasteiger partial charge in [-0.05, 0) is 45.2 Å². The number of halogens is 5. The third kappa shape index (κ3) is 16.3. The van der Waals surface area contributed by atoms with E-state index in [-0.39, 0.29) is 11.3 Å². The molecule has 0 aliphatic carbocycles. The fourth-order valence-corrected chi connectivity index (χ4v) is 2.91. The Labute approximate surface area is 233 Å². The highest BCUT2D eigenvalue weighted by Gasteiger charge is 2.14. The van der Waals surface area contributed by atoms with Crippen LogP contribution in [-0.4, -0.2) is 22.9 Å². The minimum absolute atomic E-state index is 0.204. The number of aliphatic hydroxyl groups excluding tert-OH is 1. The van der Waals surface area contributed by atoms with E-state index in [1.54, 1.807) is 6.92 Å². The molecule has 1 unspecified atom stereocenters. The molecule has 0 saturated carbocycles. The van der Waals surface area contributed by atoms with Crippen molar-refractivity contribution in [2.75, 3.05) is 11.1 Å². The number of thioether (sulfide) groups is 1. The fraction of sp³-hybridized carbons (Fsp3) is 0.400. The molecule has 0 saturated heterocycles. The van der Waals surface area contributed by atoms with Crippen molar-refractivity contribution in [3.05, 3.63) is 58.4 Å². The number of amides is 1. The average molecular weight is 662 g/mol. The molecule has 2 aromatic rings. The van der Waals surface area contributed by atoms with E-state index < -0.39 is 29.5 Å². The number of hydrogen-bond donors (Lipinski definition) is 2. The van der Waals surface area contributed by atoms with Gasteiger partial charge in [0, 0.05) is 55.2 Å². The number of aliphatic hydroxyl groups is 1. The lowest BCUT2D eigenvalue weighted by Gasteiger charge is -2.10. The van der Waals surface area contributed by atoms with Gasteiger partial charge >= 0.3 is 0 Å². The Balaban J connectivity index is 0. The van der Waals surface area contributed by atoms with Crippen LogP contribution >= 0.6 is 53.5 Å². The van der Waals surface area contributed by atoms with E-state index in [1.807, 2.05) is 35.1 Å². The van der Waals surface area contributed by atoms with E-state index in [0.29, 0.717) is 27.8 Å². The molecule has 0 aliphatic rings. The second kappa shape index (κ2) is 21.1. The maximum Gasteiger partial charge on any atom is 0.255 e. The Morgan fingerprint density at radius 1 is 1.17 bits per heavy atom. The summed E-state index contributed by atoms with van der Waals surface area (Å²) in [5.74, 6) is -3.74. The van der Waals surface area contributed by atoms with Gasteiger partial charge in [-0.15, -0.1) is 18.2 Å². The van der Waals surface area contributed by atoms with Crippen molar-refractivity contribution in [1.29, 1.82) is 0 Å². The minimum atomic E-state index is -1.60. The first-order valence-electron chi connectivity index (χ1n) is 10.8. The van der Waals surface area contributed by atoms with Crippen molar-refractivity contribution in [1.82, 2.24) is 0 Å². The number of carbonyl (C=O) groups excluding carboxylic acids is 1. The van der Waals surface area contributed by atoms with Crippen molar-refractivity contribution in [3.63, 3.8) is 0 Å². The van der Waals surface area contributed by atoms with Crippen LogP contribution < -0.4 is 5.32 Å². The van der Waals surface area contributed by atoms with Crippen molar-refractivity contribution in [2.45, 2.75) is 59.0 Å². The molecule has 2 N–H and O–H groups in total. The molecule has 0 aromatic heterocycles. The van der Waals surface area contributed by atoms with E-state index in [1.165, 1.54) is 45.3 Å². The van der Waals surface area contributed by atoms with Crippen LogP contribution in [0.5, 0.6) is 0 Å². The van der Waals surface area contributed by atoms with Crippen molar-refractivity contribution in [2.24, 2.45) is 5.92 Å². The summed E-state index contributed by atoms with van der Waals surface area (Å²) >= 11 is 9.33. The molecule has 10 heteroatoms. The lowest BCUT2D eigenvalue weighted by atomic mass is 10.2. The molecule has 0 bridgehead atoms. The maximum absolute atomic E-state index is 13.2. The van der Waals surface area contributed by atoms with Crippen molar-refractivity contribution >= 4 is 65.1 Å². The molecule has 0 spiro atoms. The molecule has 2 aromatic carbocycles. The molecule has 1 atom stereocenters. The third-order valence-electron chi connectivity index (χ3n) is 3.78. The number of nitrogens with one attached hydrogen (secondary N) is 1. The minimum Gasteiger partial charge on any atom is -0.393 e. The van der Waals surface area contributed by atoms with Gasteiger partial charge in [0.05, 0.1) is 11.1 Å². The highest BCUT2D eigenvalue weighted by molar-refractivity contribution is 14.2. The molecule has 0 aliphatic heterocycles. The molecular formula is C25H32ClF3INO2S2. The monoisotopic (exact) mass is 661 g/mol. The Morgan fingerprint density at radius 3 is 2.06 bits per heavy atom. The zero-order valence-corrected chi connectivity index (χ0v) is 25.1. The lowest BCUT2D eigenvalue weighted by Crippen LogP contribution is -2.13. The summed E-state index contributed by atoms with van der Waals surface area (Å²) in [6.07, 6.45) is 5.49. The number of anilines is 1. The molecule has 35 heavy (non-hydrogen) atoms. The van der Waals surface area contributed by atoms with Gasteiger partial charge in [0.2, 0.25) is 0 Å². The number of carbonyl (C=O) groups is 1. The largest absolute Gasteiger partial charge is 0.393 e. The van der Waals surface area contributed by atoms with Gasteiger partial charge in [0.1, 0.15) is 0 Å². The fourth-order valence-electron chi connectivity index (χ4n) is 1.80. The first kappa shape index (κ1) is 36.1. The zero-order chi connectivity index (χ0) is 27.6. The van der Waals surface area contributed by atoms with E-state index in [9.17, 15) is 23.1 Å². The first-order chi connectivity index (χ1) is 16.5. The summed E-state index contributed by atoms with van der Waals surface area (Å²) in [7, 11) is 1.35. The predicted molar refractivity (Wildman–Crippen MR) is 155 cm³/mol. The average Bonchev–Trinajstić information content (AvgIpc) is 2.83. The summed E-state index contributed by atoms with van der Waals surface area (Å²) in [5, 5.41) is 14.3. The zero-order valence-electron chi connectivity index (χ0n) is 20.6. The highest BCUT2D eigenvalue weighted by Crippen LogP contribution is 2.29. The second-order valence-electron chi connectivity index (χ2n) is 7.01. The third-order valence-corrected chi connectivity index (χ3v) is 6.37. The first-order valence-corrected chi connectivity index (χ1v) is 15.5. The normalized spacial score (nSPS) is 10.4. The highest BCUT2D eigenvalue weighted by atomic mass is 127. The number of hydrogen-bond acceptors (Lipinski definition) is 4. The van der Waals surface area contributed by atoms with E-state index in [4.69, 9.17) is 18.0 Å². The quantitative estimate of drug-likeness (QED) is 0.140. The topological polar surface area (TPSA) is 49.3 Å². The molecule has 1 amide bonds. The molecule has 0 heterocycles. The van der Waals surface area contributed by atoms with Gasteiger partial charge < -0.3 is 10.4 Å². The summed E-state index contributed by atoms with van der Waals surface area (Å²) in [6, 6.07) is 5.83. The molecule has 0 radical (unpaired) electrons. The lowest BCUT2D eigenvalue weighted by molar-refractivity contribution is 0.102. The van der Waals surface area contributed by atoms with Crippen LogP contribution in [0.3, 0.4) is 0 Å². The van der Waals surface area contributed by atoms with Crippen LogP contribution in [0, 0.1) is 35.0 Å². The summed E-state index contributed by atoms with van der Waals surface area (Å²) < 4.78 is 39.3. The van der Waals surface area contributed by atoms with Crippen molar-refractivity contribution in [3.8, 4) is 11.7 Å². The summed E-state index contributed by atoms with van der Waals surface area (Å²) in [4.78, 5) is 12.8. The maximum atomic E-state index is 13.2. The van der Waals surface area contributed by atoms with E-state index >= 15 is 0 Å². The van der Waals surface area contributed by atoms with Crippen LogP contribution in [0.15, 0.2) is 35.2 Å². The molecule has 196 valence electrons. The van der Waals surface area contributed by atoms with Crippen LogP contribution in [0.4, 0.5) is 18.9 Å². The Bertz CT molecular complexity index is 918. The summed E-state index contributed by atoms with van der Waals surface area (Å²) in [6.45, 7) is 12.3. The van der Waals surface area contributed by atoms with E-state index in [2.05, 4.69) is 31.3 Å². The predicted octanol–water partition coefficient (Wildman–Crippen LogP) is 9.22. The van der Waals surface area contributed by atoms with Gasteiger partial charge in [-0.3, -0.25) is 4.79 Å². The van der Waals surface area contributed by atoms with Crippen LogP contribution in [0.1, 0.15) is 58.3 Å². The Hall–Kier alpha value is -1.06. The molecule has 2 rings (SSSR count). The van der Waals surface area contributed by atoms with Crippen LogP contribution in [-0.2, 0) is 0 Å². The standard InChI is InChI=1S/C16H13ClF3NO2S.C5H12.C2HIS.C2H6/c1-8(22)7-24-14-4-9(2-3-11(14)17)16(23)21-10-5-12(18)15(20)13(19)6-10;1-4-5(2)3;1-2-4-3;1-2/h2-6,8,22H,7H2,1H3,(H,21,23);5H,4H2,1-3H3;1H;1-2H3. The van der Waals surface area contributed by atoms with Gasteiger partial charge in [-0.2, -0.15) is 0 Å². The Kier molecular flexibility index (Phi) is 21.7. The second-order valence-corrected chi connectivity index (χ2v) is 10.2. The molecule has 0 fully saturated rings. The van der Waals surface area contributed by atoms with E-state index in [0.717, 1.165) is 5.92 Å². The van der Waals surface area contributed by atoms with Gasteiger partial charge in [-0.25, -0.2) is 13.2 Å². The molecular weight excluding hydrogens is 630 g/mol. The number of terminal acetylenes is 1. The van der Waals surface area contributed by atoms with Crippen LogP contribution in [0.2, 0.25) is 5.02 Å². The number of benzene rings is 2. The van der Waals surface area contributed by atoms with Crippen molar-refractivity contribution < 1.29 is 23.1 Å². The molecule has 3 nitrogen and oxygen atoms in total.